The van der Waals surface area contributed by atoms with Crippen molar-refractivity contribution in [1.29, 1.82) is 0 Å². The lowest BCUT2D eigenvalue weighted by atomic mass is 10.0. The lowest BCUT2D eigenvalue weighted by Gasteiger charge is -2.31. The van der Waals surface area contributed by atoms with Gasteiger partial charge in [-0.3, -0.25) is 9.69 Å². The fraction of sp³-hybridized carbons (Fsp3) is 0.318. The fourth-order valence-electron chi connectivity index (χ4n) is 3.40. The number of amides is 1. The summed E-state index contributed by atoms with van der Waals surface area (Å²) in [4.78, 5) is 15.2. The molecular weight excluding hydrogens is 340 g/mol. The number of nitrogens with zero attached hydrogens (tertiary/aromatic N) is 1. The molecule has 140 valence electrons. The number of ether oxygens (including phenoxy) is 1. The van der Waals surface area contributed by atoms with Crippen molar-refractivity contribution in [2.45, 2.75) is 13.0 Å². The summed E-state index contributed by atoms with van der Waals surface area (Å²) in [6.45, 7) is 6.04. The predicted octanol–water partition coefficient (Wildman–Crippen LogP) is 3.54. The predicted molar refractivity (Wildman–Crippen MR) is 105 cm³/mol. The average Bonchev–Trinajstić information content (AvgIpc) is 3.13. The van der Waals surface area contributed by atoms with Crippen LogP contribution < -0.4 is 5.32 Å². The summed E-state index contributed by atoms with van der Waals surface area (Å²) >= 11 is 0. The molecular formula is C22H24N2O3. The minimum absolute atomic E-state index is 0.107. The van der Waals surface area contributed by atoms with Gasteiger partial charge < -0.3 is 14.5 Å². The van der Waals surface area contributed by atoms with Crippen molar-refractivity contribution in [2.24, 2.45) is 0 Å². The topological polar surface area (TPSA) is 54.7 Å². The van der Waals surface area contributed by atoms with Gasteiger partial charge in [-0.15, -0.1) is 0 Å². The Morgan fingerprint density at radius 2 is 1.85 bits per heavy atom. The lowest BCUT2D eigenvalue weighted by Crippen LogP contribution is -2.43. The van der Waals surface area contributed by atoms with Crippen molar-refractivity contribution < 1.29 is 13.9 Å². The Bertz CT molecular complexity index is 878. The van der Waals surface area contributed by atoms with Crippen molar-refractivity contribution >= 4 is 16.9 Å². The number of carbonyl (C=O) groups is 1. The van der Waals surface area contributed by atoms with Crippen molar-refractivity contribution in [2.75, 3.05) is 32.8 Å². The van der Waals surface area contributed by atoms with Crippen LogP contribution in [0.4, 0.5) is 0 Å². The molecule has 1 aromatic heterocycles. The van der Waals surface area contributed by atoms with Crippen LogP contribution >= 0.6 is 0 Å². The molecule has 0 saturated carbocycles. The van der Waals surface area contributed by atoms with Crippen LogP contribution in [0.3, 0.4) is 0 Å². The molecule has 1 aliphatic heterocycles. The van der Waals surface area contributed by atoms with E-state index in [0.717, 1.165) is 49.4 Å². The number of nitrogens with one attached hydrogen (secondary N) is 1. The first-order chi connectivity index (χ1) is 13.2. The van der Waals surface area contributed by atoms with Crippen LogP contribution in [0, 0.1) is 6.92 Å². The van der Waals surface area contributed by atoms with Gasteiger partial charge in [-0.25, -0.2) is 0 Å². The van der Waals surface area contributed by atoms with E-state index in [9.17, 15) is 4.79 Å². The van der Waals surface area contributed by atoms with Crippen LogP contribution in [0.5, 0.6) is 0 Å². The summed E-state index contributed by atoms with van der Waals surface area (Å²) in [5.41, 5.74) is 3.02. The number of fused-ring (bicyclic) bond motifs is 1. The molecule has 2 heterocycles. The summed E-state index contributed by atoms with van der Waals surface area (Å²) in [7, 11) is 0. The van der Waals surface area contributed by atoms with Gasteiger partial charge in [-0.05, 0) is 24.6 Å². The number of carbonyl (C=O) groups excluding carboxylic acids is 1. The SMILES string of the molecule is Cc1ccc([C@@H](CN2CCOCC2)NC(=O)c2cc3ccccc3o2)cc1. The summed E-state index contributed by atoms with van der Waals surface area (Å²) < 4.78 is 11.2. The molecule has 2 aromatic carbocycles. The van der Waals surface area contributed by atoms with Crippen LogP contribution in [0.15, 0.2) is 59.0 Å². The van der Waals surface area contributed by atoms with E-state index in [2.05, 4.69) is 41.4 Å². The molecule has 1 N–H and O–H groups in total. The molecule has 0 spiro atoms. The monoisotopic (exact) mass is 364 g/mol. The molecule has 1 aliphatic rings. The van der Waals surface area contributed by atoms with E-state index in [0.29, 0.717) is 5.76 Å². The zero-order chi connectivity index (χ0) is 18.6. The van der Waals surface area contributed by atoms with E-state index in [-0.39, 0.29) is 11.9 Å². The first-order valence-corrected chi connectivity index (χ1v) is 9.35. The third-order valence-electron chi connectivity index (χ3n) is 4.98. The standard InChI is InChI=1S/C22H24N2O3/c1-16-6-8-17(9-7-16)19(15-24-10-12-26-13-11-24)23-22(25)21-14-18-4-2-3-5-20(18)27-21/h2-9,14,19H,10-13,15H2,1H3,(H,23,25)/t19-/m1/s1. The first kappa shape index (κ1) is 17.8. The van der Waals surface area contributed by atoms with Gasteiger partial charge in [0, 0.05) is 25.0 Å². The highest BCUT2D eigenvalue weighted by atomic mass is 16.5. The van der Waals surface area contributed by atoms with Gasteiger partial charge >= 0.3 is 0 Å². The number of furan rings is 1. The molecule has 0 unspecified atom stereocenters. The molecule has 5 nitrogen and oxygen atoms in total. The van der Waals surface area contributed by atoms with Crippen LogP contribution in [-0.2, 0) is 4.74 Å². The number of hydrogen-bond donors (Lipinski definition) is 1. The Kier molecular flexibility index (Phi) is 5.23. The molecule has 5 heteroatoms. The van der Waals surface area contributed by atoms with Gasteiger partial charge in [0.05, 0.1) is 19.3 Å². The van der Waals surface area contributed by atoms with Crippen molar-refractivity contribution in [3.63, 3.8) is 0 Å². The van der Waals surface area contributed by atoms with Gasteiger partial charge in [0.1, 0.15) is 5.58 Å². The van der Waals surface area contributed by atoms with Gasteiger partial charge in [-0.1, -0.05) is 48.0 Å². The largest absolute Gasteiger partial charge is 0.451 e. The molecule has 3 aromatic rings. The van der Waals surface area contributed by atoms with Gasteiger partial charge in [-0.2, -0.15) is 0 Å². The van der Waals surface area contributed by atoms with Crippen molar-refractivity contribution in [1.82, 2.24) is 10.2 Å². The minimum atomic E-state index is -0.190. The molecule has 1 fully saturated rings. The summed E-state index contributed by atoms with van der Waals surface area (Å²) in [5, 5.41) is 4.10. The summed E-state index contributed by atoms with van der Waals surface area (Å²) in [6.07, 6.45) is 0. The first-order valence-electron chi connectivity index (χ1n) is 9.35. The molecule has 27 heavy (non-hydrogen) atoms. The molecule has 1 atom stereocenters. The Labute approximate surface area is 158 Å². The van der Waals surface area contributed by atoms with Gasteiger partial charge in [0.15, 0.2) is 5.76 Å². The number of aryl methyl sites for hydroxylation is 1. The minimum Gasteiger partial charge on any atom is -0.451 e. The van der Waals surface area contributed by atoms with E-state index in [1.165, 1.54) is 5.56 Å². The second kappa shape index (κ2) is 7.94. The molecule has 4 rings (SSSR count). The van der Waals surface area contributed by atoms with E-state index in [1.54, 1.807) is 6.07 Å². The van der Waals surface area contributed by atoms with Gasteiger partial charge in [0.25, 0.3) is 5.91 Å². The third kappa shape index (κ3) is 4.21. The lowest BCUT2D eigenvalue weighted by molar-refractivity contribution is 0.0331. The Hall–Kier alpha value is -2.63. The quantitative estimate of drug-likeness (QED) is 0.752. The zero-order valence-corrected chi connectivity index (χ0v) is 15.5. The summed E-state index contributed by atoms with van der Waals surface area (Å²) in [5.74, 6) is 0.153. The van der Waals surface area contributed by atoms with Crippen LogP contribution in [0.1, 0.15) is 27.7 Å². The Balaban J connectivity index is 1.55. The highest BCUT2D eigenvalue weighted by Gasteiger charge is 2.22. The second-order valence-corrected chi connectivity index (χ2v) is 7.00. The Morgan fingerprint density at radius 3 is 2.59 bits per heavy atom. The van der Waals surface area contributed by atoms with E-state index in [4.69, 9.17) is 9.15 Å². The van der Waals surface area contributed by atoms with E-state index < -0.39 is 0 Å². The average molecular weight is 364 g/mol. The number of hydrogen-bond acceptors (Lipinski definition) is 4. The van der Waals surface area contributed by atoms with Gasteiger partial charge in [0.2, 0.25) is 0 Å². The molecule has 0 radical (unpaired) electrons. The molecule has 1 amide bonds. The second-order valence-electron chi connectivity index (χ2n) is 7.00. The van der Waals surface area contributed by atoms with E-state index >= 15 is 0 Å². The highest BCUT2D eigenvalue weighted by Crippen LogP contribution is 2.21. The van der Waals surface area contributed by atoms with Crippen molar-refractivity contribution in [3.8, 4) is 0 Å². The number of rotatable bonds is 5. The normalized spacial score (nSPS) is 16.3. The number of benzene rings is 2. The molecule has 0 bridgehead atoms. The van der Waals surface area contributed by atoms with Crippen LogP contribution in [-0.4, -0.2) is 43.7 Å². The molecule has 0 aliphatic carbocycles. The zero-order valence-electron chi connectivity index (χ0n) is 15.5. The number of para-hydroxylation sites is 1. The fourth-order valence-corrected chi connectivity index (χ4v) is 3.40. The molecule has 1 saturated heterocycles. The third-order valence-corrected chi connectivity index (χ3v) is 4.98. The maximum absolute atomic E-state index is 12.9. The highest BCUT2D eigenvalue weighted by molar-refractivity contribution is 5.96. The van der Waals surface area contributed by atoms with Crippen LogP contribution in [0.25, 0.3) is 11.0 Å². The summed E-state index contributed by atoms with van der Waals surface area (Å²) in [6, 6.07) is 17.7. The van der Waals surface area contributed by atoms with E-state index in [1.807, 2.05) is 24.3 Å². The number of morpholine rings is 1. The maximum atomic E-state index is 12.9. The smallest absolute Gasteiger partial charge is 0.287 e. The van der Waals surface area contributed by atoms with Crippen molar-refractivity contribution in [3.05, 3.63) is 71.5 Å². The van der Waals surface area contributed by atoms with Crippen LogP contribution in [0.2, 0.25) is 0 Å². The maximum Gasteiger partial charge on any atom is 0.287 e. The Morgan fingerprint density at radius 1 is 1.11 bits per heavy atom.